The van der Waals surface area contributed by atoms with Crippen LogP contribution in [0.5, 0.6) is 0 Å². The van der Waals surface area contributed by atoms with Crippen LogP contribution in [-0.2, 0) is 19.9 Å². The first-order chi connectivity index (χ1) is 4.41. The summed E-state index contributed by atoms with van der Waals surface area (Å²) in [6, 6.07) is 0. The fourth-order valence-corrected chi connectivity index (χ4v) is 0.0680. The highest BCUT2D eigenvalue weighted by Gasteiger charge is 1.84. The van der Waals surface area contributed by atoms with Crippen LogP contribution in [-0.4, -0.2) is 30.6 Å². The fraction of sp³-hybridized carbons (Fsp3) is 0.667. The van der Waals surface area contributed by atoms with Crippen molar-refractivity contribution >= 4 is 16.9 Å². The molecule has 0 heterocycles. The lowest BCUT2D eigenvalue weighted by molar-refractivity contribution is -0.128. The Hall–Kier alpha value is -0.660. The molecule has 0 aliphatic heterocycles. The van der Waals surface area contributed by atoms with Gasteiger partial charge in [-0.05, 0) is 6.92 Å². The van der Waals surface area contributed by atoms with E-state index >= 15 is 0 Å². The molecule has 7 heteroatoms. The predicted molar refractivity (Wildman–Crippen MR) is 31.9 cm³/mol. The van der Waals surface area contributed by atoms with Gasteiger partial charge in [0, 0.05) is 0 Å². The third-order valence-corrected chi connectivity index (χ3v) is 0.235. The quantitative estimate of drug-likeness (QED) is 0.431. The van der Waals surface area contributed by atoms with Crippen LogP contribution in [0.4, 0.5) is 0 Å². The summed E-state index contributed by atoms with van der Waals surface area (Å²) in [5.74, 6) is 0. The van der Waals surface area contributed by atoms with Crippen LogP contribution in [0.3, 0.4) is 0 Å². The minimum atomic E-state index is -4.67. The molecule has 0 amide bonds. The molecule has 0 saturated carbocycles. The molecular weight excluding hydrogens is 164 g/mol. The molecule has 0 spiro atoms. The first-order valence-electron chi connectivity index (χ1n) is 2.17. The lowest BCUT2D eigenvalue weighted by Crippen LogP contribution is -1.89. The highest BCUT2D eigenvalue weighted by molar-refractivity contribution is 7.79. The molecule has 0 aliphatic carbocycles. The maximum absolute atomic E-state index is 9.18. The summed E-state index contributed by atoms with van der Waals surface area (Å²) in [5.41, 5.74) is 0. The Labute approximate surface area is 58.4 Å². The minimum absolute atomic E-state index is 0.431. The number of ether oxygens (including phenoxy) is 1. The van der Waals surface area contributed by atoms with Crippen molar-refractivity contribution in [3.05, 3.63) is 0 Å². The maximum Gasteiger partial charge on any atom is 0.394 e. The molecule has 0 aromatic rings. The number of hydrogen-bond acceptors (Lipinski definition) is 4. The second kappa shape index (κ2) is 6.46. The van der Waals surface area contributed by atoms with Crippen molar-refractivity contribution in [3.8, 4) is 0 Å². The van der Waals surface area contributed by atoms with E-state index in [9.17, 15) is 4.79 Å². The summed E-state index contributed by atoms with van der Waals surface area (Å²) in [7, 11) is -4.67. The Morgan fingerprint density at radius 2 is 1.80 bits per heavy atom. The molecule has 0 rings (SSSR count). The number of carbonyl (C=O) groups excluding carboxylic acids is 1. The zero-order valence-corrected chi connectivity index (χ0v) is 6.04. The van der Waals surface area contributed by atoms with Crippen molar-refractivity contribution < 1.29 is 27.1 Å². The van der Waals surface area contributed by atoms with E-state index in [0.29, 0.717) is 13.1 Å². The lowest BCUT2D eigenvalue weighted by atomic mass is 10.9. The van der Waals surface area contributed by atoms with Gasteiger partial charge in [-0.15, -0.1) is 0 Å². The zero-order valence-electron chi connectivity index (χ0n) is 5.22. The third-order valence-electron chi connectivity index (χ3n) is 0.235. The molecule has 0 unspecified atom stereocenters. The number of hydrogen-bond donors (Lipinski definition) is 2. The van der Waals surface area contributed by atoms with Gasteiger partial charge in [0.1, 0.15) is 0 Å². The van der Waals surface area contributed by atoms with Crippen LogP contribution >= 0.6 is 0 Å². The first-order valence-corrected chi connectivity index (χ1v) is 3.56. The molecule has 10 heavy (non-hydrogen) atoms. The Kier molecular flexibility index (Phi) is 7.79. The van der Waals surface area contributed by atoms with Crippen molar-refractivity contribution in [3.63, 3.8) is 0 Å². The summed E-state index contributed by atoms with van der Waals surface area (Å²) in [4.78, 5) is 9.18. The van der Waals surface area contributed by atoms with Gasteiger partial charge in [-0.25, -0.2) is 0 Å². The van der Waals surface area contributed by atoms with E-state index < -0.39 is 10.4 Å². The molecule has 62 valence electrons. The highest BCUT2D eigenvalue weighted by Crippen LogP contribution is 1.59. The van der Waals surface area contributed by atoms with Crippen molar-refractivity contribution in [1.29, 1.82) is 0 Å². The predicted octanol–water partition coefficient (Wildman–Crippen LogP) is -0.473. The fourth-order valence-electron chi connectivity index (χ4n) is 0.0680. The average Bonchev–Trinajstić information content (AvgIpc) is 1.63. The first kappa shape index (κ1) is 12.1. The van der Waals surface area contributed by atoms with Gasteiger partial charge in [-0.3, -0.25) is 13.9 Å². The second-order valence-electron chi connectivity index (χ2n) is 0.999. The van der Waals surface area contributed by atoms with Gasteiger partial charge in [0.15, 0.2) is 0 Å². The van der Waals surface area contributed by atoms with Gasteiger partial charge in [-0.2, -0.15) is 8.42 Å². The highest BCUT2D eigenvalue weighted by atomic mass is 32.3. The molecule has 0 aromatic heterocycles. The molecule has 0 bridgehead atoms. The molecule has 0 atom stereocenters. The average molecular weight is 172 g/mol. The third kappa shape index (κ3) is 164. The van der Waals surface area contributed by atoms with Crippen molar-refractivity contribution in [2.45, 2.75) is 6.92 Å². The summed E-state index contributed by atoms with van der Waals surface area (Å²) in [6.07, 6.45) is 0. The van der Waals surface area contributed by atoms with Crippen molar-refractivity contribution in [1.82, 2.24) is 0 Å². The zero-order chi connectivity index (χ0) is 8.62. The van der Waals surface area contributed by atoms with Gasteiger partial charge >= 0.3 is 10.4 Å². The van der Waals surface area contributed by atoms with E-state index in [0.717, 1.165) is 0 Å². The van der Waals surface area contributed by atoms with Gasteiger partial charge < -0.3 is 4.74 Å². The second-order valence-corrected chi connectivity index (χ2v) is 1.90. The van der Waals surface area contributed by atoms with Crippen LogP contribution in [0, 0.1) is 0 Å². The van der Waals surface area contributed by atoms with Gasteiger partial charge in [0.2, 0.25) is 0 Å². The van der Waals surface area contributed by atoms with E-state index in [1.165, 1.54) is 0 Å². The molecule has 0 aliphatic rings. The SMILES string of the molecule is CCOC=O.O=S(=O)(O)O. The monoisotopic (exact) mass is 172 g/mol. The smallest absolute Gasteiger partial charge is 0.394 e. The molecule has 2 N–H and O–H groups in total. The molecule has 6 nitrogen and oxygen atoms in total. The normalized spacial score (nSPS) is 9.10. The minimum Gasteiger partial charge on any atom is -0.468 e. The summed E-state index contributed by atoms with van der Waals surface area (Å²) >= 11 is 0. The Morgan fingerprint density at radius 1 is 1.50 bits per heavy atom. The maximum atomic E-state index is 9.18. The molecular formula is C3H8O6S. The van der Waals surface area contributed by atoms with Crippen LogP contribution in [0.2, 0.25) is 0 Å². The topological polar surface area (TPSA) is 101 Å². The summed E-state index contributed by atoms with van der Waals surface area (Å²) < 4.78 is 35.7. The van der Waals surface area contributed by atoms with Crippen LogP contribution in [0.15, 0.2) is 0 Å². The van der Waals surface area contributed by atoms with Crippen LogP contribution < -0.4 is 0 Å². The summed E-state index contributed by atoms with van der Waals surface area (Å²) in [5, 5.41) is 0. The number of carbonyl (C=O) groups is 1. The molecule has 0 aromatic carbocycles. The molecule has 0 saturated heterocycles. The van der Waals surface area contributed by atoms with Gasteiger partial charge in [-0.1, -0.05) is 0 Å². The summed E-state index contributed by atoms with van der Waals surface area (Å²) in [6.45, 7) is 2.66. The Bertz CT molecular complexity index is 150. The molecule has 0 radical (unpaired) electrons. The van der Waals surface area contributed by atoms with E-state index in [1.807, 2.05) is 0 Å². The number of rotatable bonds is 2. The Morgan fingerprint density at radius 3 is 1.80 bits per heavy atom. The van der Waals surface area contributed by atoms with E-state index in [-0.39, 0.29) is 0 Å². The standard InChI is InChI=1S/C3H6O2.H2O4S/c1-2-5-3-4;1-5(2,3)4/h3H,2H2,1H3;(H2,1,2,3,4). The van der Waals surface area contributed by atoms with E-state index in [4.69, 9.17) is 17.5 Å². The molecule has 0 fully saturated rings. The van der Waals surface area contributed by atoms with Crippen molar-refractivity contribution in [2.24, 2.45) is 0 Å². The van der Waals surface area contributed by atoms with Crippen LogP contribution in [0.25, 0.3) is 0 Å². The van der Waals surface area contributed by atoms with Gasteiger partial charge in [0.25, 0.3) is 6.47 Å². The van der Waals surface area contributed by atoms with Gasteiger partial charge in [0.05, 0.1) is 6.61 Å². The largest absolute Gasteiger partial charge is 0.468 e. The van der Waals surface area contributed by atoms with Crippen molar-refractivity contribution in [2.75, 3.05) is 6.61 Å². The van der Waals surface area contributed by atoms with Crippen LogP contribution in [0.1, 0.15) is 6.92 Å². The van der Waals surface area contributed by atoms with E-state index in [1.54, 1.807) is 6.92 Å². The van der Waals surface area contributed by atoms with E-state index in [2.05, 4.69) is 4.74 Å². The lowest BCUT2D eigenvalue weighted by Gasteiger charge is -1.79. The Balaban J connectivity index is 0.